The summed E-state index contributed by atoms with van der Waals surface area (Å²) in [6.07, 6.45) is 11.6. The van der Waals surface area contributed by atoms with Crippen LogP contribution in [0.5, 0.6) is 0 Å². The molecule has 52 heavy (non-hydrogen) atoms. The van der Waals surface area contributed by atoms with Crippen LogP contribution in [-0.2, 0) is 23.7 Å². The second-order valence-electron chi connectivity index (χ2n) is 13.1. The average molecular weight is 847 g/mol. The molecule has 0 N–H and O–H groups in total. The number of benzene rings is 4. The summed E-state index contributed by atoms with van der Waals surface area (Å²) in [5.41, 5.74) is 5.36. The van der Waals surface area contributed by atoms with Gasteiger partial charge in [-0.15, -0.1) is 0 Å². The van der Waals surface area contributed by atoms with Crippen LogP contribution in [0.1, 0.15) is 64.2 Å². The maximum atomic E-state index is 4.94. The minimum atomic E-state index is -1.22. The molecular formula is C44H60BCaIO5. The van der Waals surface area contributed by atoms with E-state index in [-0.39, 0.29) is 61.7 Å². The standard InChI is InChI=1S/C24H20B.5C4H8O.Ca.HI/c1-5-13-21(14-6-1)25(22-15-7-2-8-16-22,23-17-9-3-10-18-23)24-19-11-4-12-20-24;5*1-2-4-5-3-1;;/h1-20H;5*1-4H2;;1H/q-1;;;;;;+2;/p-1. The normalized spacial score (nSPS) is 16.9. The van der Waals surface area contributed by atoms with Gasteiger partial charge >= 0.3 is 37.7 Å². The SMILES string of the molecule is C1CCOC1.C1CCOC1.C1CCOC1.C1CCOC1.C1CCOC1.[Ca+2].[I-].c1ccc([B-](c2ccccc2)(c2ccccc2)c2ccccc2)cc1. The van der Waals surface area contributed by atoms with Crippen LogP contribution in [-0.4, -0.2) is 110 Å². The predicted molar refractivity (Wildman–Crippen MR) is 216 cm³/mol. The number of hydrogen-bond acceptors (Lipinski definition) is 5. The minimum absolute atomic E-state index is 0. The van der Waals surface area contributed by atoms with E-state index in [1.54, 1.807) is 0 Å². The van der Waals surface area contributed by atoms with Crippen LogP contribution in [0, 0.1) is 0 Å². The van der Waals surface area contributed by atoms with Crippen LogP contribution < -0.4 is 45.8 Å². The van der Waals surface area contributed by atoms with Gasteiger partial charge in [-0.05, 0) is 64.2 Å². The molecule has 5 aliphatic heterocycles. The van der Waals surface area contributed by atoms with Crippen molar-refractivity contribution in [2.24, 2.45) is 0 Å². The fourth-order valence-electron chi connectivity index (χ4n) is 6.67. The van der Waals surface area contributed by atoms with Crippen molar-refractivity contribution in [2.45, 2.75) is 64.2 Å². The number of halogens is 1. The summed E-state index contributed by atoms with van der Waals surface area (Å²) < 4.78 is 24.7. The molecule has 5 nitrogen and oxygen atoms in total. The van der Waals surface area contributed by atoms with Crippen molar-refractivity contribution in [3.05, 3.63) is 121 Å². The van der Waals surface area contributed by atoms with Crippen LogP contribution in [0.2, 0.25) is 0 Å². The molecule has 0 aliphatic carbocycles. The smallest absolute Gasteiger partial charge is 1.00 e. The van der Waals surface area contributed by atoms with Gasteiger partial charge in [-0.25, -0.2) is 0 Å². The Balaban J connectivity index is 0.000000277. The molecule has 0 unspecified atom stereocenters. The molecule has 8 heteroatoms. The topological polar surface area (TPSA) is 46.2 Å². The van der Waals surface area contributed by atoms with Gasteiger partial charge in [0.1, 0.15) is 6.15 Å². The first-order valence-electron chi connectivity index (χ1n) is 19.2. The van der Waals surface area contributed by atoms with Crippen LogP contribution in [0.4, 0.5) is 0 Å². The van der Waals surface area contributed by atoms with Gasteiger partial charge in [0.15, 0.2) is 0 Å². The Morgan fingerprint density at radius 2 is 0.423 bits per heavy atom. The Hall–Kier alpha value is -1.27. The number of rotatable bonds is 4. The zero-order valence-electron chi connectivity index (χ0n) is 31.4. The summed E-state index contributed by atoms with van der Waals surface area (Å²) in [5, 5.41) is 0. The van der Waals surface area contributed by atoms with Crippen molar-refractivity contribution in [1.29, 1.82) is 0 Å². The van der Waals surface area contributed by atoms with E-state index in [2.05, 4.69) is 121 Å². The monoisotopic (exact) mass is 846 g/mol. The summed E-state index contributed by atoms with van der Waals surface area (Å²) >= 11 is 0. The first kappa shape index (κ1) is 46.9. The van der Waals surface area contributed by atoms with Gasteiger partial charge in [-0.2, -0.15) is 21.9 Å². The Morgan fingerprint density at radius 3 is 0.538 bits per heavy atom. The van der Waals surface area contributed by atoms with E-state index in [0.29, 0.717) is 0 Å². The average Bonchev–Trinajstić information content (AvgIpc) is 4.07. The largest absolute Gasteiger partial charge is 2.00 e. The molecule has 0 atom stereocenters. The van der Waals surface area contributed by atoms with Crippen LogP contribution in [0.15, 0.2) is 121 Å². The summed E-state index contributed by atoms with van der Waals surface area (Å²) in [6, 6.07) is 43.5. The van der Waals surface area contributed by atoms with Crippen LogP contribution in [0.3, 0.4) is 0 Å². The van der Waals surface area contributed by atoms with Crippen molar-refractivity contribution >= 4 is 65.7 Å². The molecular weight excluding hydrogens is 786 g/mol. The number of hydrogen-bond donors (Lipinski definition) is 0. The van der Waals surface area contributed by atoms with E-state index in [1.165, 1.54) is 86.1 Å². The third kappa shape index (κ3) is 17.5. The van der Waals surface area contributed by atoms with Gasteiger partial charge in [-0.3, -0.25) is 0 Å². The molecule has 4 aromatic carbocycles. The molecule has 5 saturated heterocycles. The Bertz CT molecular complexity index is 1070. The molecule has 5 aliphatic rings. The molecule has 9 rings (SSSR count). The summed E-state index contributed by atoms with van der Waals surface area (Å²) in [5.74, 6) is 0. The van der Waals surface area contributed by atoms with Gasteiger partial charge < -0.3 is 47.7 Å². The molecule has 0 radical (unpaired) electrons. The fourth-order valence-corrected chi connectivity index (χ4v) is 6.67. The zero-order valence-corrected chi connectivity index (χ0v) is 35.8. The maximum absolute atomic E-state index is 4.94. The molecule has 0 aromatic heterocycles. The second kappa shape index (κ2) is 31.0. The third-order valence-corrected chi connectivity index (χ3v) is 9.34. The van der Waals surface area contributed by atoms with Gasteiger partial charge in [-0.1, -0.05) is 121 Å². The fraction of sp³-hybridized carbons (Fsp3) is 0.455. The van der Waals surface area contributed by atoms with Crippen molar-refractivity contribution in [2.75, 3.05) is 66.1 Å². The molecule has 0 bridgehead atoms. The zero-order chi connectivity index (χ0) is 34.6. The van der Waals surface area contributed by atoms with E-state index < -0.39 is 6.15 Å². The first-order valence-corrected chi connectivity index (χ1v) is 19.2. The van der Waals surface area contributed by atoms with Crippen molar-refractivity contribution in [1.82, 2.24) is 0 Å². The first-order chi connectivity index (χ1) is 24.9. The van der Waals surface area contributed by atoms with Crippen molar-refractivity contribution in [3.63, 3.8) is 0 Å². The third-order valence-electron chi connectivity index (χ3n) is 9.34. The molecule has 0 spiro atoms. The van der Waals surface area contributed by atoms with E-state index in [9.17, 15) is 0 Å². The molecule has 0 saturated carbocycles. The van der Waals surface area contributed by atoms with E-state index in [0.717, 1.165) is 66.1 Å². The predicted octanol–water partition coefficient (Wildman–Crippen LogP) is 3.67. The van der Waals surface area contributed by atoms with Crippen molar-refractivity contribution < 1.29 is 47.7 Å². The molecule has 0 amide bonds. The second-order valence-corrected chi connectivity index (χ2v) is 13.1. The molecule has 5 fully saturated rings. The summed E-state index contributed by atoms with van der Waals surface area (Å²) in [4.78, 5) is 0. The Morgan fingerprint density at radius 1 is 0.269 bits per heavy atom. The maximum Gasteiger partial charge on any atom is 2.00 e. The molecule has 278 valence electrons. The van der Waals surface area contributed by atoms with Crippen LogP contribution in [0.25, 0.3) is 0 Å². The molecule has 4 aromatic rings. The summed E-state index contributed by atoms with van der Waals surface area (Å²) in [7, 11) is 0. The van der Waals surface area contributed by atoms with Gasteiger partial charge in [0.05, 0.1) is 0 Å². The number of ether oxygens (including phenoxy) is 5. The van der Waals surface area contributed by atoms with E-state index in [1.807, 2.05) is 0 Å². The van der Waals surface area contributed by atoms with Gasteiger partial charge in [0.2, 0.25) is 0 Å². The Labute approximate surface area is 361 Å². The Kier molecular flexibility index (Phi) is 27.9. The summed E-state index contributed by atoms with van der Waals surface area (Å²) in [6.45, 7) is 10.0. The van der Waals surface area contributed by atoms with Gasteiger partial charge in [0.25, 0.3) is 0 Å². The van der Waals surface area contributed by atoms with E-state index >= 15 is 0 Å². The molecule has 5 heterocycles. The minimum Gasteiger partial charge on any atom is -1.00 e. The van der Waals surface area contributed by atoms with Gasteiger partial charge in [0, 0.05) is 66.1 Å². The van der Waals surface area contributed by atoms with E-state index in [4.69, 9.17) is 23.7 Å². The van der Waals surface area contributed by atoms with Crippen molar-refractivity contribution in [3.8, 4) is 0 Å². The quantitative estimate of drug-likeness (QED) is 0.232. The van der Waals surface area contributed by atoms with Crippen LogP contribution >= 0.6 is 0 Å².